The Kier molecular flexibility index (Phi) is 8.04. The van der Waals surface area contributed by atoms with Gasteiger partial charge in [-0.2, -0.15) is 0 Å². The third kappa shape index (κ3) is 7.02. The molecule has 0 aromatic rings. The zero-order valence-corrected chi connectivity index (χ0v) is 7.50. The number of rotatable bonds is 4. The van der Waals surface area contributed by atoms with Crippen molar-refractivity contribution < 1.29 is 20.1 Å². The molecule has 0 aliphatic rings. The van der Waals surface area contributed by atoms with Gasteiger partial charge in [-0.1, -0.05) is 0 Å². The number of unbranched alkanes of at least 4 members (excludes halogenated alkanes) is 2. The van der Waals surface area contributed by atoms with Gasteiger partial charge in [-0.05, 0) is 0 Å². The molecule has 0 rings (SSSR count). The molecule has 0 N–H and O–H groups in total. The topological polar surface area (TPSA) is 0 Å². The van der Waals surface area contributed by atoms with Crippen molar-refractivity contribution in [3.05, 3.63) is 0 Å². The van der Waals surface area contributed by atoms with Crippen LogP contribution in [0.3, 0.4) is 0 Å². The van der Waals surface area contributed by atoms with Gasteiger partial charge in [0.1, 0.15) is 0 Å². The third-order valence-electron chi connectivity index (χ3n) is 0.809. The molecule has 0 aromatic carbocycles. The van der Waals surface area contributed by atoms with Crippen LogP contribution in [0.5, 0.6) is 0 Å². The monoisotopic (exact) mass is 233 g/mol. The van der Waals surface area contributed by atoms with E-state index in [4.69, 9.17) is 8.91 Å². The predicted octanol–water partition coefficient (Wildman–Crippen LogP) is -0.581. The van der Waals surface area contributed by atoms with Crippen molar-refractivity contribution in [3.8, 4) is 0 Å². The number of alkyl halides is 1. The van der Waals surface area contributed by atoms with Crippen LogP contribution in [-0.4, -0.2) is 4.43 Å². The zero-order valence-electron chi connectivity index (χ0n) is 4.58. The minimum absolute atomic E-state index is 0.0671. The molecule has 0 amide bonds. The van der Waals surface area contributed by atoms with E-state index in [-0.39, 0.29) is 20.1 Å². The molecule has 0 spiro atoms. The normalized spacial score (nSPS) is 10.0. The Bertz CT molecular complexity index is 27.3. The SMILES string of the molecule is CCCCC[I-]Cl. The van der Waals surface area contributed by atoms with Gasteiger partial charge < -0.3 is 0 Å². The van der Waals surface area contributed by atoms with Gasteiger partial charge in [0, 0.05) is 0 Å². The van der Waals surface area contributed by atoms with Gasteiger partial charge in [-0.3, -0.25) is 0 Å². The van der Waals surface area contributed by atoms with Gasteiger partial charge in [0.25, 0.3) is 0 Å². The van der Waals surface area contributed by atoms with Gasteiger partial charge in [-0.25, -0.2) is 0 Å². The molecule has 0 nitrogen and oxygen atoms in total. The molecule has 0 heterocycles. The first-order chi connectivity index (χ1) is 3.41. The van der Waals surface area contributed by atoms with Crippen molar-refractivity contribution in [2.75, 3.05) is 4.43 Å². The minimum atomic E-state index is 0.0671. The fourth-order valence-corrected chi connectivity index (χ4v) is 1.90. The van der Waals surface area contributed by atoms with Crippen LogP contribution < -0.4 is 20.1 Å². The first-order valence-corrected chi connectivity index (χ1v) is 6.87. The van der Waals surface area contributed by atoms with Gasteiger partial charge >= 0.3 is 59.6 Å². The van der Waals surface area contributed by atoms with Crippen molar-refractivity contribution in [1.82, 2.24) is 0 Å². The van der Waals surface area contributed by atoms with Crippen LogP contribution in [0.25, 0.3) is 0 Å². The van der Waals surface area contributed by atoms with Gasteiger partial charge in [-0.15, -0.1) is 0 Å². The molecule has 0 unspecified atom stereocenters. The Balaban J connectivity index is 2.45. The van der Waals surface area contributed by atoms with Crippen molar-refractivity contribution >= 4 is 8.91 Å². The van der Waals surface area contributed by atoms with Crippen LogP contribution >= 0.6 is 8.91 Å². The fraction of sp³-hybridized carbons (Fsp3) is 1.00. The average molecular weight is 234 g/mol. The van der Waals surface area contributed by atoms with E-state index in [1.807, 2.05) is 0 Å². The first kappa shape index (κ1) is 8.02. The first-order valence-electron chi connectivity index (χ1n) is 2.62. The van der Waals surface area contributed by atoms with Gasteiger partial charge in [0.05, 0.1) is 0 Å². The molecule has 0 aliphatic heterocycles. The van der Waals surface area contributed by atoms with Crippen LogP contribution in [0.2, 0.25) is 0 Å². The molecular weight excluding hydrogens is 222 g/mol. The molecule has 7 heavy (non-hydrogen) atoms. The maximum absolute atomic E-state index is 5.55. The second kappa shape index (κ2) is 7.02. The molecule has 0 fully saturated rings. The zero-order chi connectivity index (χ0) is 5.54. The Hall–Kier alpha value is 1.02. The molecule has 0 bridgehead atoms. The van der Waals surface area contributed by atoms with Crippen LogP contribution in [-0.2, 0) is 0 Å². The van der Waals surface area contributed by atoms with Crippen molar-refractivity contribution in [1.29, 1.82) is 0 Å². The molecular formula is C5H11ClI-. The van der Waals surface area contributed by atoms with Crippen LogP contribution in [0, 0.1) is 0 Å². The van der Waals surface area contributed by atoms with Crippen molar-refractivity contribution in [2.24, 2.45) is 0 Å². The summed E-state index contributed by atoms with van der Waals surface area (Å²) < 4.78 is 1.30. The van der Waals surface area contributed by atoms with E-state index in [0.717, 1.165) is 0 Å². The summed E-state index contributed by atoms with van der Waals surface area (Å²) in [6.07, 6.45) is 4.04. The van der Waals surface area contributed by atoms with E-state index < -0.39 is 0 Å². The summed E-state index contributed by atoms with van der Waals surface area (Å²) in [4.78, 5) is 0. The van der Waals surface area contributed by atoms with E-state index in [9.17, 15) is 0 Å². The Morgan fingerprint density at radius 1 is 1.43 bits per heavy atom. The molecule has 0 radical (unpaired) electrons. The summed E-state index contributed by atoms with van der Waals surface area (Å²) >= 11 is 0.0671. The van der Waals surface area contributed by atoms with Crippen LogP contribution in [0.15, 0.2) is 0 Å². The van der Waals surface area contributed by atoms with Crippen molar-refractivity contribution in [3.63, 3.8) is 0 Å². The van der Waals surface area contributed by atoms with Gasteiger partial charge in [0.2, 0.25) is 0 Å². The molecule has 0 saturated heterocycles. The third-order valence-corrected chi connectivity index (χ3v) is 2.94. The fourth-order valence-electron chi connectivity index (χ4n) is 0.395. The molecule has 0 aliphatic carbocycles. The number of hydrogen-bond acceptors (Lipinski definition) is 0. The van der Waals surface area contributed by atoms with Crippen LogP contribution in [0.1, 0.15) is 26.2 Å². The summed E-state index contributed by atoms with van der Waals surface area (Å²) in [5.74, 6) is 0. The second-order valence-corrected chi connectivity index (χ2v) is 4.51. The van der Waals surface area contributed by atoms with E-state index in [0.29, 0.717) is 0 Å². The molecule has 46 valence electrons. The summed E-state index contributed by atoms with van der Waals surface area (Å²) in [7, 11) is 5.55. The Labute approximate surface area is 59.6 Å². The number of hydrogen-bond donors (Lipinski definition) is 0. The molecule has 0 atom stereocenters. The molecule has 0 aromatic heterocycles. The van der Waals surface area contributed by atoms with E-state index >= 15 is 0 Å². The Morgan fingerprint density at radius 3 is 2.57 bits per heavy atom. The summed E-state index contributed by atoms with van der Waals surface area (Å²) in [5, 5.41) is 0. The van der Waals surface area contributed by atoms with E-state index in [1.165, 1.54) is 23.7 Å². The molecule has 2 heteroatoms. The standard InChI is InChI=1S/C5H11ClI/c1-2-3-4-5-7-6/h2-5H2,1H3/q-1. The van der Waals surface area contributed by atoms with Gasteiger partial charge in [0.15, 0.2) is 0 Å². The second-order valence-electron chi connectivity index (χ2n) is 1.50. The predicted molar refractivity (Wildman–Crippen MR) is 30.2 cm³/mol. The maximum atomic E-state index is 5.55. The van der Waals surface area contributed by atoms with E-state index in [1.54, 1.807) is 0 Å². The number of halogens is 2. The Morgan fingerprint density at radius 2 is 2.14 bits per heavy atom. The quantitative estimate of drug-likeness (QED) is 0.346. The van der Waals surface area contributed by atoms with E-state index in [2.05, 4.69) is 6.92 Å². The summed E-state index contributed by atoms with van der Waals surface area (Å²) in [6, 6.07) is 0. The average Bonchev–Trinajstić information content (AvgIpc) is 1.69. The summed E-state index contributed by atoms with van der Waals surface area (Å²) in [5.41, 5.74) is 0. The van der Waals surface area contributed by atoms with Crippen LogP contribution in [0.4, 0.5) is 0 Å². The summed E-state index contributed by atoms with van der Waals surface area (Å²) in [6.45, 7) is 2.21. The molecule has 0 saturated carbocycles. The van der Waals surface area contributed by atoms with Crippen molar-refractivity contribution in [2.45, 2.75) is 26.2 Å².